The van der Waals surface area contributed by atoms with Crippen molar-refractivity contribution in [2.45, 2.75) is 18.9 Å². The van der Waals surface area contributed by atoms with Crippen LogP contribution in [-0.2, 0) is 4.79 Å². The molecule has 0 radical (unpaired) electrons. The Morgan fingerprint density at radius 1 is 1.16 bits per heavy atom. The maximum absolute atomic E-state index is 11.9. The van der Waals surface area contributed by atoms with Gasteiger partial charge in [-0.15, -0.1) is 0 Å². The van der Waals surface area contributed by atoms with Gasteiger partial charge in [0.25, 0.3) is 0 Å². The molecule has 0 saturated heterocycles. The van der Waals surface area contributed by atoms with Gasteiger partial charge >= 0.3 is 0 Å². The summed E-state index contributed by atoms with van der Waals surface area (Å²) in [4.78, 5) is 15.8. The van der Waals surface area contributed by atoms with E-state index < -0.39 is 0 Å². The highest BCUT2D eigenvalue weighted by Gasteiger charge is 2.12. The second-order valence-electron chi connectivity index (χ2n) is 5.17. The minimum absolute atomic E-state index is 0.0626. The predicted molar refractivity (Wildman–Crippen MR) is 78.8 cm³/mol. The molecule has 1 rings (SSSR count). The summed E-state index contributed by atoms with van der Waals surface area (Å²) in [6.07, 6.45) is 1.19. The number of likely N-dealkylation sites (N-methyl/N-ethyl adjacent to an activating group) is 2. The fourth-order valence-corrected chi connectivity index (χ4v) is 1.81. The van der Waals surface area contributed by atoms with E-state index in [2.05, 4.69) is 4.90 Å². The first-order valence-electron chi connectivity index (χ1n) is 6.70. The van der Waals surface area contributed by atoms with Crippen LogP contribution in [0.15, 0.2) is 30.3 Å². The average Bonchev–Trinajstić information content (AvgIpc) is 2.42. The van der Waals surface area contributed by atoms with E-state index in [9.17, 15) is 4.79 Å². The SMILES string of the molecule is CN(C)CCN(C)C(=O)CCC(N)c1ccccc1. The van der Waals surface area contributed by atoms with Gasteiger partial charge in [0.05, 0.1) is 0 Å². The molecule has 0 bridgehead atoms. The lowest BCUT2D eigenvalue weighted by Crippen LogP contribution is -2.33. The Morgan fingerprint density at radius 2 is 1.79 bits per heavy atom. The third kappa shape index (κ3) is 5.85. The second-order valence-corrected chi connectivity index (χ2v) is 5.17. The first-order valence-corrected chi connectivity index (χ1v) is 6.70. The Bertz CT molecular complexity index is 378. The van der Waals surface area contributed by atoms with Gasteiger partial charge in [-0.3, -0.25) is 4.79 Å². The van der Waals surface area contributed by atoms with Crippen LogP contribution in [0.2, 0.25) is 0 Å². The third-order valence-corrected chi connectivity index (χ3v) is 3.21. The summed E-state index contributed by atoms with van der Waals surface area (Å²) in [5.74, 6) is 0.160. The number of benzene rings is 1. The van der Waals surface area contributed by atoms with Crippen LogP contribution >= 0.6 is 0 Å². The normalized spacial score (nSPS) is 12.5. The minimum atomic E-state index is -0.0626. The van der Waals surface area contributed by atoms with Crippen LogP contribution in [0, 0.1) is 0 Å². The second kappa shape index (κ2) is 7.92. The molecule has 4 heteroatoms. The highest BCUT2D eigenvalue weighted by Crippen LogP contribution is 2.15. The van der Waals surface area contributed by atoms with Gasteiger partial charge in [0.1, 0.15) is 0 Å². The molecule has 0 aromatic heterocycles. The van der Waals surface area contributed by atoms with Crippen molar-refractivity contribution in [1.82, 2.24) is 9.80 Å². The largest absolute Gasteiger partial charge is 0.344 e. The van der Waals surface area contributed by atoms with Gasteiger partial charge in [0, 0.05) is 32.6 Å². The standard InChI is InChI=1S/C15H25N3O/c1-17(2)11-12-18(3)15(19)10-9-14(16)13-7-5-4-6-8-13/h4-8,14H,9-12,16H2,1-3H3. The highest BCUT2D eigenvalue weighted by atomic mass is 16.2. The summed E-state index contributed by atoms with van der Waals surface area (Å²) >= 11 is 0. The Labute approximate surface area is 116 Å². The quantitative estimate of drug-likeness (QED) is 0.811. The molecule has 0 aliphatic carbocycles. The van der Waals surface area contributed by atoms with Gasteiger partial charge in [-0.25, -0.2) is 0 Å². The van der Waals surface area contributed by atoms with Gasteiger partial charge in [-0.05, 0) is 26.1 Å². The van der Waals surface area contributed by atoms with Crippen molar-refractivity contribution in [2.75, 3.05) is 34.2 Å². The maximum Gasteiger partial charge on any atom is 0.222 e. The zero-order valence-electron chi connectivity index (χ0n) is 12.2. The van der Waals surface area contributed by atoms with E-state index in [0.29, 0.717) is 12.8 Å². The van der Waals surface area contributed by atoms with Crippen LogP contribution in [0.3, 0.4) is 0 Å². The minimum Gasteiger partial charge on any atom is -0.344 e. The summed E-state index contributed by atoms with van der Waals surface area (Å²) in [5.41, 5.74) is 7.18. The zero-order valence-corrected chi connectivity index (χ0v) is 12.2. The molecule has 0 aliphatic rings. The molecule has 106 valence electrons. The van der Waals surface area contributed by atoms with Crippen LogP contribution in [0.1, 0.15) is 24.4 Å². The van der Waals surface area contributed by atoms with Gasteiger partial charge in [-0.1, -0.05) is 30.3 Å². The Kier molecular flexibility index (Phi) is 6.53. The van der Waals surface area contributed by atoms with Crippen molar-refractivity contribution in [3.63, 3.8) is 0 Å². The number of hydrogen-bond donors (Lipinski definition) is 1. The molecule has 0 heterocycles. The van der Waals surface area contributed by atoms with E-state index in [0.717, 1.165) is 18.7 Å². The fraction of sp³-hybridized carbons (Fsp3) is 0.533. The van der Waals surface area contributed by atoms with Crippen LogP contribution < -0.4 is 5.73 Å². The first kappa shape index (κ1) is 15.7. The number of carbonyl (C=O) groups excluding carboxylic acids is 1. The first-order chi connectivity index (χ1) is 9.00. The third-order valence-electron chi connectivity index (χ3n) is 3.21. The van der Waals surface area contributed by atoms with Gasteiger partial charge < -0.3 is 15.5 Å². The molecule has 0 fully saturated rings. The van der Waals surface area contributed by atoms with E-state index in [1.165, 1.54) is 0 Å². The number of rotatable bonds is 7. The molecular weight excluding hydrogens is 238 g/mol. The molecule has 1 aromatic rings. The molecule has 1 amide bonds. The molecule has 0 spiro atoms. The highest BCUT2D eigenvalue weighted by molar-refractivity contribution is 5.75. The lowest BCUT2D eigenvalue weighted by atomic mass is 10.0. The van der Waals surface area contributed by atoms with Gasteiger partial charge in [0.2, 0.25) is 5.91 Å². The van der Waals surface area contributed by atoms with E-state index in [-0.39, 0.29) is 11.9 Å². The molecular formula is C15H25N3O. The lowest BCUT2D eigenvalue weighted by Gasteiger charge is -2.20. The molecule has 1 aromatic carbocycles. The van der Waals surface area contributed by atoms with Gasteiger partial charge in [0.15, 0.2) is 0 Å². The molecule has 0 saturated carbocycles. The topological polar surface area (TPSA) is 49.6 Å². The van der Waals surface area contributed by atoms with Crippen molar-refractivity contribution in [2.24, 2.45) is 5.73 Å². The van der Waals surface area contributed by atoms with Crippen molar-refractivity contribution in [3.8, 4) is 0 Å². The van der Waals surface area contributed by atoms with Crippen molar-refractivity contribution >= 4 is 5.91 Å². The Morgan fingerprint density at radius 3 is 2.37 bits per heavy atom. The Balaban J connectivity index is 2.33. The molecule has 2 N–H and O–H groups in total. The molecule has 1 unspecified atom stereocenters. The van der Waals surface area contributed by atoms with Crippen LogP contribution in [-0.4, -0.2) is 49.9 Å². The van der Waals surface area contributed by atoms with Crippen molar-refractivity contribution in [1.29, 1.82) is 0 Å². The number of amides is 1. The fourth-order valence-electron chi connectivity index (χ4n) is 1.81. The molecule has 1 atom stereocenters. The smallest absolute Gasteiger partial charge is 0.222 e. The summed E-state index contributed by atoms with van der Waals surface area (Å²) < 4.78 is 0. The predicted octanol–water partition coefficient (Wildman–Crippen LogP) is 1.49. The van der Waals surface area contributed by atoms with E-state index in [1.54, 1.807) is 4.90 Å². The average molecular weight is 263 g/mol. The van der Waals surface area contributed by atoms with E-state index in [1.807, 2.05) is 51.5 Å². The zero-order chi connectivity index (χ0) is 14.3. The lowest BCUT2D eigenvalue weighted by molar-refractivity contribution is -0.130. The molecule has 0 aliphatic heterocycles. The van der Waals surface area contributed by atoms with Gasteiger partial charge in [-0.2, -0.15) is 0 Å². The van der Waals surface area contributed by atoms with Crippen molar-refractivity contribution in [3.05, 3.63) is 35.9 Å². The number of nitrogens with two attached hydrogens (primary N) is 1. The van der Waals surface area contributed by atoms with Crippen LogP contribution in [0.4, 0.5) is 0 Å². The maximum atomic E-state index is 11.9. The Hall–Kier alpha value is -1.39. The van der Waals surface area contributed by atoms with Crippen molar-refractivity contribution < 1.29 is 4.79 Å². The summed E-state index contributed by atoms with van der Waals surface area (Å²) in [7, 11) is 5.85. The number of hydrogen-bond acceptors (Lipinski definition) is 3. The number of carbonyl (C=O) groups is 1. The van der Waals surface area contributed by atoms with E-state index >= 15 is 0 Å². The monoisotopic (exact) mass is 263 g/mol. The summed E-state index contributed by atoms with van der Waals surface area (Å²) in [5, 5.41) is 0. The van der Waals surface area contributed by atoms with Crippen LogP contribution in [0.5, 0.6) is 0 Å². The number of nitrogens with zero attached hydrogens (tertiary/aromatic N) is 2. The summed E-state index contributed by atoms with van der Waals surface area (Å²) in [6.45, 7) is 1.64. The van der Waals surface area contributed by atoms with Crippen LogP contribution in [0.25, 0.3) is 0 Å². The molecule has 19 heavy (non-hydrogen) atoms. The van der Waals surface area contributed by atoms with E-state index in [4.69, 9.17) is 5.73 Å². The molecule has 4 nitrogen and oxygen atoms in total. The summed E-state index contributed by atoms with van der Waals surface area (Å²) in [6, 6.07) is 9.86.